The monoisotopic (exact) mass is 221 g/mol. The highest BCUT2D eigenvalue weighted by Gasteiger charge is 2.17. The van der Waals surface area contributed by atoms with Crippen molar-refractivity contribution in [2.45, 2.75) is 32.1 Å². The second kappa shape index (κ2) is 5.68. The Labute approximate surface area is 85.8 Å². The van der Waals surface area contributed by atoms with Gasteiger partial charge in [-0.05, 0) is 25.2 Å². The van der Waals surface area contributed by atoms with Crippen LogP contribution in [0.4, 0.5) is 0 Å². The van der Waals surface area contributed by atoms with E-state index in [1.807, 2.05) is 0 Å². The van der Waals surface area contributed by atoms with Crippen molar-refractivity contribution in [3.8, 4) is 0 Å². The number of sulfonamides is 1. The van der Waals surface area contributed by atoms with E-state index in [4.69, 9.17) is 5.11 Å². The zero-order valence-electron chi connectivity index (χ0n) is 8.41. The van der Waals surface area contributed by atoms with Crippen molar-refractivity contribution in [2.24, 2.45) is 5.92 Å². The Bertz CT molecular complexity index is 245. The van der Waals surface area contributed by atoms with Crippen LogP contribution in [0.15, 0.2) is 0 Å². The van der Waals surface area contributed by atoms with Gasteiger partial charge in [0, 0.05) is 13.2 Å². The van der Waals surface area contributed by atoms with Crippen molar-refractivity contribution in [3.63, 3.8) is 0 Å². The Kier molecular flexibility index (Phi) is 4.84. The summed E-state index contributed by atoms with van der Waals surface area (Å²) in [7, 11) is -3.14. The number of aliphatic hydroxyl groups excluding tert-OH is 1. The lowest BCUT2D eigenvalue weighted by Crippen LogP contribution is -2.30. The van der Waals surface area contributed by atoms with Gasteiger partial charge in [0.05, 0.1) is 5.75 Å². The SMILES string of the molecule is O=S(=O)(CCCO)NCC1CCCC1. The van der Waals surface area contributed by atoms with E-state index in [9.17, 15) is 8.42 Å². The first-order valence-electron chi connectivity index (χ1n) is 5.22. The maximum absolute atomic E-state index is 11.3. The Balaban J connectivity index is 2.21. The second-order valence-electron chi connectivity index (χ2n) is 3.89. The van der Waals surface area contributed by atoms with Crippen LogP contribution in [0.5, 0.6) is 0 Å². The third-order valence-electron chi connectivity index (χ3n) is 2.64. The van der Waals surface area contributed by atoms with Crippen molar-refractivity contribution < 1.29 is 13.5 Å². The lowest BCUT2D eigenvalue weighted by molar-refractivity contribution is 0.295. The summed E-state index contributed by atoms with van der Waals surface area (Å²) in [6.07, 6.45) is 5.05. The summed E-state index contributed by atoms with van der Waals surface area (Å²) in [5, 5.41) is 8.52. The molecule has 2 N–H and O–H groups in total. The van der Waals surface area contributed by atoms with Gasteiger partial charge < -0.3 is 5.11 Å². The van der Waals surface area contributed by atoms with Gasteiger partial charge in [-0.3, -0.25) is 0 Å². The Morgan fingerprint density at radius 3 is 2.50 bits per heavy atom. The lowest BCUT2D eigenvalue weighted by atomic mass is 10.1. The van der Waals surface area contributed by atoms with E-state index in [-0.39, 0.29) is 12.4 Å². The number of rotatable bonds is 6. The molecule has 0 radical (unpaired) electrons. The summed E-state index contributed by atoms with van der Waals surface area (Å²) in [5.41, 5.74) is 0. The molecule has 1 aliphatic carbocycles. The van der Waals surface area contributed by atoms with Gasteiger partial charge in [0.1, 0.15) is 0 Å². The van der Waals surface area contributed by atoms with Crippen LogP contribution in [0.2, 0.25) is 0 Å². The number of aliphatic hydroxyl groups is 1. The van der Waals surface area contributed by atoms with E-state index in [0.29, 0.717) is 18.9 Å². The van der Waals surface area contributed by atoms with E-state index in [0.717, 1.165) is 12.8 Å². The van der Waals surface area contributed by atoms with Gasteiger partial charge in [-0.1, -0.05) is 12.8 Å². The summed E-state index contributed by atoms with van der Waals surface area (Å²) in [5.74, 6) is 0.565. The normalized spacial score (nSPS) is 18.9. The van der Waals surface area contributed by atoms with Crippen LogP contribution in [0.1, 0.15) is 32.1 Å². The van der Waals surface area contributed by atoms with E-state index in [1.54, 1.807) is 0 Å². The Morgan fingerprint density at radius 1 is 1.29 bits per heavy atom. The average Bonchev–Trinajstić information content (AvgIpc) is 2.64. The maximum Gasteiger partial charge on any atom is 0.211 e. The van der Waals surface area contributed by atoms with Gasteiger partial charge in [-0.2, -0.15) is 0 Å². The molecular weight excluding hydrogens is 202 g/mol. The molecule has 1 saturated carbocycles. The van der Waals surface area contributed by atoms with Crippen molar-refractivity contribution in [2.75, 3.05) is 18.9 Å². The predicted octanol–water partition coefficient (Wildman–Crippen LogP) is 0.478. The maximum atomic E-state index is 11.3. The Morgan fingerprint density at radius 2 is 1.93 bits per heavy atom. The minimum Gasteiger partial charge on any atom is -0.396 e. The molecule has 84 valence electrons. The highest BCUT2D eigenvalue weighted by atomic mass is 32.2. The third kappa shape index (κ3) is 4.39. The van der Waals surface area contributed by atoms with Crippen LogP contribution in [0.25, 0.3) is 0 Å². The van der Waals surface area contributed by atoms with Gasteiger partial charge in [-0.25, -0.2) is 13.1 Å². The number of hydrogen-bond acceptors (Lipinski definition) is 3. The fourth-order valence-corrected chi connectivity index (χ4v) is 2.93. The number of nitrogens with one attached hydrogen (secondary N) is 1. The molecule has 0 spiro atoms. The van der Waals surface area contributed by atoms with Crippen molar-refractivity contribution in [1.82, 2.24) is 4.72 Å². The second-order valence-corrected chi connectivity index (χ2v) is 5.82. The standard InChI is InChI=1S/C9H19NO3S/c11-6-3-7-14(12,13)10-8-9-4-1-2-5-9/h9-11H,1-8H2. The fourth-order valence-electron chi connectivity index (χ4n) is 1.79. The summed E-state index contributed by atoms with van der Waals surface area (Å²) in [4.78, 5) is 0. The molecule has 0 aromatic carbocycles. The van der Waals surface area contributed by atoms with Gasteiger partial charge in [0.2, 0.25) is 10.0 Å². The van der Waals surface area contributed by atoms with Crippen LogP contribution < -0.4 is 4.72 Å². The first-order valence-corrected chi connectivity index (χ1v) is 6.87. The molecule has 0 amide bonds. The molecule has 0 bridgehead atoms. The quantitative estimate of drug-likeness (QED) is 0.685. The van der Waals surface area contributed by atoms with Crippen molar-refractivity contribution in [3.05, 3.63) is 0 Å². The van der Waals surface area contributed by atoms with E-state index in [1.165, 1.54) is 12.8 Å². The predicted molar refractivity (Wildman–Crippen MR) is 55.5 cm³/mol. The highest BCUT2D eigenvalue weighted by molar-refractivity contribution is 7.89. The molecule has 1 fully saturated rings. The van der Waals surface area contributed by atoms with Gasteiger partial charge in [0.15, 0.2) is 0 Å². The van der Waals surface area contributed by atoms with Crippen molar-refractivity contribution in [1.29, 1.82) is 0 Å². The van der Waals surface area contributed by atoms with Crippen LogP contribution in [0.3, 0.4) is 0 Å². The zero-order valence-corrected chi connectivity index (χ0v) is 9.22. The highest BCUT2D eigenvalue weighted by Crippen LogP contribution is 2.23. The molecule has 0 aromatic heterocycles. The van der Waals surface area contributed by atoms with Crippen LogP contribution >= 0.6 is 0 Å². The zero-order chi connectivity index (χ0) is 10.4. The molecule has 0 unspecified atom stereocenters. The molecule has 0 heterocycles. The minimum absolute atomic E-state index is 0.0379. The van der Waals surface area contributed by atoms with Gasteiger partial charge >= 0.3 is 0 Å². The van der Waals surface area contributed by atoms with Crippen molar-refractivity contribution >= 4 is 10.0 Å². The van der Waals surface area contributed by atoms with Crippen LogP contribution in [-0.4, -0.2) is 32.4 Å². The largest absolute Gasteiger partial charge is 0.396 e. The molecule has 0 atom stereocenters. The molecule has 14 heavy (non-hydrogen) atoms. The molecule has 4 nitrogen and oxygen atoms in total. The van der Waals surface area contributed by atoms with E-state index >= 15 is 0 Å². The smallest absolute Gasteiger partial charge is 0.211 e. The summed E-state index contributed by atoms with van der Waals surface area (Å²) >= 11 is 0. The molecule has 0 aliphatic heterocycles. The van der Waals surface area contributed by atoms with Gasteiger partial charge in [0.25, 0.3) is 0 Å². The topological polar surface area (TPSA) is 66.4 Å². The third-order valence-corrected chi connectivity index (χ3v) is 4.07. The molecule has 0 saturated heterocycles. The van der Waals surface area contributed by atoms with Crippen LogP contribution in [-0.2, 0) is 10.0 Å². The van der Waals surface area contributed by atoms with E-state index < -0.39 is 10.0 Å². The Hall–Kier alpha value is -0.130. The number of hydrogen-bond donors (Lipinski definition) is 2. The summed E-state index contributed by atoms with van der Waals surface area (Å²) in [6, 6.07) is 0. The fraction of sp³-hybridized carbons (Fsp3) is 1.00. The molecule has 1 rings (SSSR count). The molecule has 5 heteroatoms. The van der Waals surface area contributed by atoms with Crippen LogP contribution in [0, 0.1) is 5.92 Å². The molecule has 0 aromatic rings. The molecule has 1 aliphatic rings. The lowest BCUT2D eigenvalue weighted by Gasteiger charge is -2.10. The van der Waals surface area contributed by atoms with E-state index in [2.05, 4.69) is 4.72 Å². The minimum atomic E-state index is -3.14. The first-order chi connectivity index (χ1) is 6.64. The summed E-state index contributed by atoms with van der Waals surface area (Å²) in [6.45, 7) is 0.512. The first kappa shape index (κ1) is 11.9. The average molecular weight is 221 g/mol. The van der Waals surface area contributed by atoms with Gasteiger partial charge in [-0.15, -0.1) is 0 Å². The summed E-state index contributed by atoms with van der Waals surface area (Å²) < 4.78 is 25.2. The molecular formula is C9H19NO3S.